The minimum atomic E-state index is -1.08. The number of hydrogen-bond acceptors (Lipinski definition) is 5. The largest absolute Gasteiger partial charge is 0.550 e. The van der Waals surface area contributed by atoms with E-state index in [0.717, 1.165) is 13.2 Å². The molecule has 0 saturated heterocycles. The summed E-state index contributed by atoms with van der Waals surface area (Å²) in [6.07, 6.45) is 0.780. The van der Waals surface area contributed by atoms with E-state index in [1.54, 1.807) is 18.2 Å². The predicted octanol–water partition coefficient (Wildman–Crippen LogP) is -0.0160. The summed E-state index contributed by atoms with van der Waals surface area (Å²) in [6, 6.07) is 5.09. The molecule has 1 heterocycles. The molecule has 5 nitrogen and oxygen atoms in total. The first kappa shape index (κ1) is 11.0. The summed E-state index contributed by atoms with van der Waals surface area (Å²) >= 11 is 0. The van der Waals surface area contributed by atoms with Crippen LogP contribution in [0.3, 0.4) is 0 Å². The first-order valence-electron chi connectivity index (χ1n) is 4.16. The molecule has 1 aromatic rings. The van der Waals surface area contributed by atoms with E-state index in [-0.39, 0.29) is 6.79 Å². The summed E-state index contributed by atoms with van der Waals surface area (Å²) in [5.74, 6) is 0.269. The van der Waals surface area contributed by atoms with Crippen molar-refractivity contribution in [3.05, 3.63) is 23.8 Å². The van der Waals surface area contributed by atoms with Crippen molar-refractivity contribution < 1.29 is 24.2 Å². The van der Waals surface area contributed by atoms with Gasteiger partial charge in [0.1, 0.15) is 6.29 Å². The Kier molecular flexibility index (Phi) is 3.68. The lowest BCUT2D eigenvalue weighted by atomic mass is 10.2. The fraction of sp³-hybridized carbons (Fsp3) is 0.200. The van der Waals surface area contributed by atoms with Crippen LogP contribution in [0.4, 0.5) is 0 Å². The molecule has 0 aliphatic carbocycles. The molecule has 1 aliphatic heterocycles. The summed E-state index contributed by atoms with van der Waals surface area (Å²) in [7, 11) is 0. The molecule has 80 valence electrons. The average molecular weight is 209 g/mol. The molecule has 1 aliphatic rings. The molecular weight excluding hydrogens is 200 g/mol. The number of rotatable bonds is 1. The zero-order chi connectivity index (χ0) is 11.3. The normalized spacial score (nSPS) is 11.3. The Morgan fingerprint density at radius 1 is 1.40 bits per heavy atom. The van der Waals surface area contributed by atoms with Crippen molar-refractivity contribution in [2.45, 2.75) is 6.92 Å². The van der Waals surface area contributed by atoms with Crippen LogP contribution in [0.15, 0.2) is 18.2 Å². The molecule has 0 spiro atoms. The van der Waals surface area contributed by atoms with Crippen LogP contribution in [0.1, 0.15) is 17.3 Å². The van der Waals surface area contributed by atoms with Crippen LogP contribution in [0, 0.1) is 0 Å². The standard InChI is InChI=1S/C8H6O3.C2H4O2/c9-4-6-1-2-7-8(3-6)11-5-10-7;1-2(3)4/h1-4H,5H2;1H3,(H,3,4)/p-1. The lowest BCUT2D eigenvalue weighted by Crippen LogP contribution is -2.16. The summed E-state index contributed by atoms with van der Waals surface area (Å²) in [6.45, 7) is 1.22. The molecule has 0 atom stereocenters. The first-order valence-corrected chi connectivity index (χ1v) is 4.16. The fourth-order valence-electron chi connectivity index (χ4n) is 0.986. The number of aliphatic carboxylic acids is 1. The minimum absolute atomic E-state index is 0.248. The Bertz CT molecular complexity index is 368. The number of carbonyl (C=O) groups is 2. The van der Waals surface area contributed by atoms with Crippen molar-refractivity contribution in [3.63, 3.8) is 0 Å². The maximum atomic E-state index is 10.3. The van der Waals surface area contributed by atoms with Crippen LogP contribution in [0.25, 0.3) is 0 Å². The van der Waals surface area contributed by atoms with Crippen molar-refractivity contribution in [3.8, 4) is 11.5 Å². The van der Waals surface area contributed by atoms with Gasteiger partial charge in [-0.2, -0.15) is 0 Å². The van der Waals surface area contributed by atoms with Crippen LogP contribution in [0.5, 0.6) is 11.5 Å². The maximum absolute atomic E-state index is 10.3. The van der Waals surface area contributed by atoms with E-state index in [1.807, 2.05) is 0 Å². The topological polar surface area (TPSA) is 75.7 Å². The molecule has 15 heavy (non-hydrogen) atoms. The second kappa shape index (κ2) is 4.99. The average Bonchev–Trinajstić information content (AvgIpc) is 2.63. The highest BCUT2D eigenvalue weighted by Crippen LogP contribution is 2.31. The van der Waals surface area contributed by atoms with Gasteiger partial charge in [0, 0.05) is 11.5 Å². The van der Waals surface area contributed by atoms with Gasteiger partial charge in [0.05, 0.1) is 0 Å². The van der Waals surface area contributed by atoms with E-state index in [4.69, 9.17) is 19.4 Å². The molecule has 0 fully saturated rings. The molecule has 0 saturated carbocycles. The first-order chi connectivity index (χ1) is 7.13. The van der Waals surface area contributed by atoms with Crippen LogP contribution in [0.2, 0.25) is 0 Å². The molecule has 1 aromatic carbocycles. The zero-order valence-corrected chi connectivity index (χ0v) is 8.06. The highest BCUT2D eigenvalue weighted by atomic mass is 16.7. The van der Waals surface area contributed by atoms with E-state index in [1.165, 1.54) is 0 Å². The van der Waals surface area contributed by atoms with Crippen LogP contribution < -0.4 is 14.6 Å². The number of hydrogen-bond donors (Lipinski definition) is 0. The van der Waals surface area contributed by atoms with Gasteiger partial charge in [0.2, 0.25) is 6.79 Å². The smallest absolute Gasteiger partial charge is 0.231 e. The number of carboxylic acids is 1. The van der Waals surface area contributed by atoms with Gasteiger partial charge in [-0.05, 0) is 25.1 Å². The molecule has 0 aromatic heterocycles. The Balaban J connectivity index is 0.000000245. The molecule has 2 rings (SSSR count). The number of aldehydes is 1. The third kappa shape index (κ3) is 3.30. The monoisotopic (exact) mass is 209 g/mol. The Labute approximate surface area is 86.2 Å². The Hall–Kier alpha value is -2.04. The highest BCUT2D eigenvalue weighted by molar-refractivity contribution is 5.76. The number of fused-ring (bicyclic) bond motifs is 1. The van der Waals surface area contributed by atoms with Crippen molar-refractivity contribution >= 4 is 12.3 Å². The second-order valence-corrected chi connectivity index (χ2v) is 2.72. The quantitative estimate of drug-likeness (QED) is 0.608. The van der Waals surface area contributed by atoms with Gasteiger partial charge in [0.25, 0.3) is 0 Å². The van der Waals surface area contributed by atoms with Gasteiger partial charge in [-0.25, -0.2) is 0 Å². The van der Waals surface area contributed by atoms with Crippen molar-refractivity contribution in [1.82, 2.24) is 0 Å². The molecular formula is C10H9O5-. The van der Waals surface area contributed by atoms with E-state index < -0.39 is 5.97 Å². The number of carboxylic acid groups (broad SMARTS) is 1. The fourth-order valence-corrected chi connectivity index (χ4v) is 0.986. The summed E-state index contributed by atoms with van der Waals surface area (Å²) in [5.41, 5.74) is 0.606. The molecule has 0 amide bonds. The third-order valence-corrected chi connectivity index (χ3v) is 1.53. The van der Waals surface area contributed by atoms with Crippen LogP contribution in [-0.2, 0) is 4.79 Å². The van der Waals surface area contributed by atoms with Gasteiger partial charge in [0.15, 0.2) is 11.5 Å². The molecule has 0 unspecified atom stereocenters. The van der Waals surface area contributed by atoms with Gasteiger partial charge < -0.3 is 19.4 Å². The number of carbonyl (C=O) groups excluding carboxylic acids is 2. The van der Waals surface area contributed by atoms with Gasteiger partial charge in [-0.1, -0.05) is 0 Å². The number of ether oxygens (including phenoxy) is 2. The van der Waals surface area contributed by atoms with Crippen LogP contribution in [-0.4, -0.2) is 19.0 Å². The predicted molar refractivity (Wildman–Crippen MR) is 48.6 cm³/mol. The van der Waals surface area contributed by atoms with Gasteiger partial charge >= 0.3 is 0 Å². The zero-order valence-electron chi connectivity index (χ0n) is 8.06. The summed E-state index contributed by atoms with van der Waals surface area (Å²) < 4.78 is 10.1. The minimum Gasteiger partial charge on any atom is -0.550 e. The number of benzene rings is 1. The van der Waals surface area contributed by atoms with E-state index >= 15 is 0 Å². The van der Waals surface area contributed by atoms with E-state index in [9.17, 15) is 4.79 Å². The van der Waals surface area contributed by atoms with Gasteiger partial charge in [-0.15, -0.1) is 0 Å². The summed E-state index contributed by atoms with van der Waals surface area (Å²) in [5, 5.41) is 8.89. The van der Waals surface area contributed by atoms with E-state index in [0.29, 0.717) is 17.1 Å². The molecule has 0 bridgehead atoms. The lowest BCUT2D eigenvalue weighted by Gasteiger charge is -1.94. The summed E-state index contributed by atoms with van der Waals surface area (Å²) in [4.78, 5) is 19.2. The van der Waals surface area contributed by atoms with E-state index in [2.05, 4.69) is 0 Å². The highest BCUT2D eigenvalue weighted by Gasteiger charge is 2.12. The van der Waals surface area contributed by atoms with Gasteiger partial charge in [-0.3, -0.25) is 4.79 Å². The van der Waals surface area contributed by atoms with Crippen molar-refractivity contribution in [2.24, 2.45) is 0 Å². The SMILES string of the molecule is CC(=O)[O-].O=Cc1ccc2c(c1)OCO2. The Morgan fingerprint density at radius 3 is 2.60 bits per heavy atom. The lowest BCUT2D eigenvalue weighted by molar-refractivity contribution is -0.302. The van der Waals surface area contributed by atoms with Crippen LogP contribution >= 0.6 is 0 Å². The second-order valence-electron chi connectivity index (χ2n) is 2.72. The third-order valence-electron chi connectivity index (χ3n) is 1.53. The molecule has 0 radical (unpaired) electrons. The molecule has 0 N–H and O–H groups in total. The van der Waals surface area contributed by atoms with Crippen molar-refractivity contribution in [2.75, 3.05) is 6.79 Å². The van der Waals surface area contributed by atoms with Crippen molar-refractivity contribution in [1.29, 1.82) is 0 Å². The molecule has 5 heteroatoms. The maximum Gasteiger partial charge on any atom is 0.231 e. The Morgan fingerprint density at radius 2 is 2.00 bits per heavy atom.